The second kappa shape index (κ2) is 6.76. The monoisotopic (exact) mass is 333 g/mol. The van der Waals surface area contributed by atoms with Crippen molar-refractivity contribution in [2.75, 3.05) is 27.0 Å². The molecule has 3 aliphatic rings. The van der Waals surface area contributed by atoms with Gasteiger partial charge in [-0.1, -0.05) is 0 Å². The van der Waals surface area contributed by atoms with Crippen LogP contribution in [0, 0.1) is 0 Å². The molecule has 0 aliphatic carbocycles. The fourth-order valence-corrected chi connectivity index (χ4v) is 3.46. The van der Waals surface area contributed by atoms with E-state index < -0.39 is 0 Å². The normalized spacial score (nSPS) is 27.4. The van der Waals surface area contributed by atoms with Crippen molar-refractivity contribution in [3.63, 3.8) is 0 Å². The Labute approximate surface area is 141 Å². The third kappa shape index (κ3) is 3.21. The highest BCUT2D eigenvalue weighted by atomic mass is 16.7. The van der Waals surface area contributed by atoms with Crippen molar-refractivity contribution in [1.29, 1.82) is 0 Å². The fourth-order valence-electron chi connectivity index (χ4n) is 3.46. The summed E-state index contributed by atoms with van der Waals surface area (Å²) in [5.74, 6) is 3.06. The lowest BCUT2D eigenvalue weighted by Gasteiger charge is -2.22. The first-order valence-corrected chi connectivity index (χ1v) is 8.47. The van der Waals surface area contributed by atoms with Crippen molar-refractivity contribution in [2.45, 2.75) is 37.5 Å². The maximum absolute atomic E-state index is 5.86. The standard InChI is InChI=1S/C17H23N3O4/c1-18-17(20-13-8-12-3-4-14(13)24-12)19-6-7-21-11-2-5-15-16(9-11)23-10-22-15/h2,5,9,12-14H,3-4,6-8,10H2,1H3,(H2,18,19,20). The zero-order chi connectivity index (χ0) is 16.4. The molecule has 3 atom stereocenters. The van der Waals surface area contributed by atoms with E-state index in [2.05, 4.69) is 15.6 Å². The van der Waals surface area contributed by atoms with Crippen LogP contribution < -0.4 is 24.8 Å². The zero-order valence-corrected chi connectivity index (χ0v) is 13.8. The van der Waals surface area contributed by atoms with Gasteiger partial charge in [0.1, 0.15) is 12.4 Å². The number of hydrogen-bond donors (Lipinski definition) is 2. The van der Waals surface area contributed by atoms with Gasteiger partial charge < -0.3 is 29.6 Å². The van der Waals surface area contributed by atoms with Crippen molar-refractivity contribution >= 4 is 5.96 Å². The second-order valence-corrected chi connectivity index (χ2v) is 6.22. The SMILES string of the molecule is CN=C(NCCOc1ccc2c(c1)OCO2)NC1CC2CCC1O2. The molecular weight excluding hydrogens is 310 g/mol. The predicted octanol–water partition coefficient (Wildman–Crippen LogP) is 1.28. The van der Waals surface area contributed by atoms with E-state index in [1.807, 2.05) is 18.2 Å². The minimum absolute atomic E-state index is 0.273. The molecule has 3 heterocycles. The number of nitrogens with one attached hydrogen (secondary N) is 2. The van der Waals surface area contributed by atoms with Gasteiger partial charge in [-0.15, -0.1) is 0 Å². The van der Waals surface area contributed by atoms with Crippen LogP contribution in [0.25, 0.3) is 0 Å². The Morgan fingerprint density at radius 1 is 1.29 bits per heavy atom. The van der Waals surface area contributed by atoms with Gasteiger partial charge in [-0.2, -0.15) is 0 Å². The molecule has 0 amide bonds. The highest BCUT2D eigenvalue weighted by Crippen LogP contribution is 2.35. The van der Waals surface area contributed by atoms with E-state index in [1.54, 1.807) is 7.05 Å². The molecule has 0 spiro atoms. The van der Waals surface area contributed by atoms with Crippen LogP contribution in [0.4, 0.5) is 0 Å². The molecule has 2 bridgehead atoms. The van der Waals surface area contributed by atoms with Gasteiger partial charge in [0.15, 0.2) is 17.5 Å². The summed E-state index contributed by atoms with van der Waals surface area (Å²) in [5, 5.41) is 6.73. The lowest BCUT2D eigenvalue weighted by Crippen LogP contribution is -2.48. The summed E-state index contributed by atoms with van der Waals surface area (Å²) in [5.41, 5.74) is 0. The van der Waals surface area contributed by atoms with Crippen molar-refractivity contribution in [3.05, 3.63) is 18.2 Å². The van der Waals surface area contributed by atoms with Crippen LogP contribution in [0.1, 0.15) is 19.3 Å². The van der Waals surface area contributed by atoms with Crippen molar-refractivity contribution in [2.24, 2.45) is 4.99 Å². The van der Waals surface area contributed by atoms with Gasteiger partial charge in [0.05, 0.1) is 24.8 Å². The highest BCUT2D eigenvalue weighted by molar-refractivity contribution is 5.80. The van der Waals surface area contributed by atoms with Gasteiger partial charge in [0.2, 0.25) is 6.79 Å². The van der Waals surface area contributed by atoms with Gasteiger partial charge in [-0.3, -0.25) is 4.99 Å². The molecule has 2 saturated heterocycles. The van der Waals surface area contributed by atoms with E-state index in [0.717, 1.165) is 36.0 Å². The maximum atomic E-state index is 5.86. The average Bonchev–Trinajstić information content (AvgIpc) is 3.33. The summed E-state index contributed by atoms with van der Waals surface area (Å²) in [6.45, 7) is 1.47. The summed E-state index contributed by atoms with van der Waals surface area (Å²) in [6.07, 6.45) is 4.17. The molecule has 2 fully saturated rings. The van der Waals surface area contributed by atoms with E-state index in [9.17, 15) is 0 Å². The van der Waals surface area contributed by atoms with Crippen LogP contribution in [0.15, 0.2) is 23.2 Å². The maximum Gasteiger partial charge on any atom is 0.231 e. The molecule has 130 valence electrons. The third-order valence-corrected chi connectivity index (χ3v) is 4.66. The van der Waals surface area contributed by atoms with E-state index in [0.29, 0.717) is 31.4 Å². The molecule has 2 N–H and O–H groups in total. The number of guanidine groups is 1. The number of ether oxygens (including phenoxy) is 4. The lowest BCUT2D eigenvalue weighted by atomic mass is 9.96. The van der Waals surface area contributed by atoms with E-state index >= 15 is 0 Å². The van der Waals surface area contributed by atoms with Gasteiger partial charge in [-0.25, -0.2) is 0 Å². The van der Waals surface area contributed by atoms with Crippen LogP contribution in [0.5, 0.6) is 17.2 Å². The molecule has 0 aromatic heterocycles. The van der Waals surface area contributed by atoms with Crippen molar-refractivity contribution in [3.8, 4) is 17.2 Å². The first-order chi connectivity index (χ1) is 11.8. The van der Waals surface area contributed by atoms with Crippen LogP contribution in [-0.4, -0.2) is 51.2 Å². The largest absolute Gasteiger partial charge is 0.492 e. The Balaban J connectivity index is 1.20. The lowest BCUT2D eigenvalue weighted by molar-refractivity contribution is 0.0992. The quantitative estimate of drug-likeness (QED) is 0.480. The fraction of sp³-hybridized carbons (Fsp3) is 0.588. The first-order valence-electron chi connectivity index (χ1n) is 8.47. The molecule has 1 aromatic rings. The molecule has 0 saturated carbocycles. The molecule has 7 heteroatoms. The molecular formula is C17H23N3O4. The molecule has 7 nitrogen and oxygen atoms in total. The molecule has 4 rings (SSSR count). The zero-order valence-electron chi connectivity index (χ0n) is 13.8. The predicted molar refractivity (Wildman–Crippen MR) is 88.9 cm³/mol. The number of aliphatic imine (C=N–C) groups is 1. The first kappa shape index (κ1) is 15.4. The summed E-state index contributed by atoms with van der Waals surface area (Å²) >= 11 is 0. The number of fused-ring (bicyclic) bond motifs is 3. The van der Waals surface area contributed by atoms with Gasteiger partial charge in [0.25, 0.3) is 0 Å². The van der Waals surface area contributed by atoms with Gasteiger partial charge in [0, 0.05) is 13.1 Å². The van der Waals surface area contributed by atoms with Crippen LogP contribution in [-0.2, 0) is 4.74 Å². The Bertz CT molecular complexity index is 622. The highest BCUT2D eigenvalue weighted by Gasteiger charge is 2.41. The summed E-state index contributed by atoms with van der Waals surface area (Å²) in [7, 11) is 1.78. The molecule has 1 aromatic carbocycles. The summed E-state index contributed by atoms with van der Waals surface area (Å²) in [4.78, 5) is 4.27. The second-order valence-electron chi connectivity index (χ2n) is 6.22. The van der Waals surface area contributed by atoms with Crippen LogP contribution >= 0.6 is 0 Å². The summed E-state index contributed by atoms with van der Waals surface area (Å²) < 4.78 is 22.2. The van der Waals surface area contributed by atoms with Crippen molar-refractivity contribution < 1.29 is 18.9 Å². The molecule has 3 aliphatic heterocycles. The van der Waals surface area contributed by atoms with Gasteiger partial charge in [-0.05, 0) is 31.4 Å². The Hall–Kier alpha value is -2.15. The molecule has 0 radical (unpaired) electrons. The third-order valence-electron chi connectivity index (χ3n) is 4.66. The van der Waals surface area contributed by atoms with E-state index in [-0.39, 0.29) is 6.79 Å². The Kier molecular flexibility index (Phi) is 4.34. The molecule has 24 heavy (non-hydrogen) atoms. The van der Waals surface area contributed by atoms with Gasteiger partial charge >= 0.3 is 0 Å². The minimum Gasteiger partial charge on any atom is -0.492 e. The Morgan fingerprint density at radius 3 is 3.00 bits per heavy atom. The minimum atomic E-state index is 0.273. The molecule has 3 unspecified atom stereocenters. The number of nitrogens with zero attached hydrogens (tertiary/aromatic N) is 1. The number of hydrogen-bond acceptors (Lipinski definition) is 5. The Morgan fingerprint density at radius 2 is 2.21 bits per heavy atom. The summed E-state index contributed by atoms with van der Waals surface area (Å²) in [6, 6.07) is 5.96. The van der Waals surface area contributed by atoms with Crippen molar-refractivity contribution in [1.82, 2.24) is 10.6 Å². The van der Waals surface area contributed by atoms with Crippen LogP contribution in [0.2, 0.25) is 0 Å². The topological polar surface area (TPSA) is 73.3 Å². The van der Waals surface area contributed by atoms with E-state index in [4.69, 9.17) is 18.9 Å². The van der Waals surface area contributed by atoms with E-state index in [1.165, 1.54) is 6.42 Å². The number of benzene rings is 1. The smallest absolute Gasteiger partial charge is 0.231 e. The average molecular weight is 333 g/mol. The van der Waals surface area contributed by atoms with Crippen LogP contribution in [0.3, 0.4) is 0 Å². The number of rotatable bonds is 5.